The van der Waals surface area contributed by atoms with E-state index in [9.17, 15) is 0 Å². The van der Waals surface area contributed by atoms with Gasteiger partial charge in [-0.2, -0.15) is 0 Å². The van der Waals surface area contributed by atoms with Crippen LogP contribution in [0.4, 0.5) is 0 Å². The molecule has 0 rings (SSSR count). The molecule has 0 aliphatic heterocycles. The van der Waals surface area contributed by atoms with Crippen molar-refractivity contribution in [3.05, 3.63) is 22.7 Å². The van der Waals surface area contributed by atoms with Gasteiger partial charge in [0.1, 0.15) is 0 Å². The van der Waals surface area contributed by atoms with Crippen molar-refractivity contribution in [3.63, 3.8) is 0 Å². The smallest absolute Gasteiger partial charge is 0.167 e. The maximum absolute atomic E-state index is 5.63. The summed E-state index contributed by atoms with van der Waals surface area (Å²) >= 11 is 3.58. The molecule has 0 radical (unpaired) electrons. The highest BCUT2D eigenvalue weighted by atomic mass is 79.9. The van der Waals surface area contributed by atoms with E-state index in [1.165, 1.54) is 0 Å². The summed E-state index contributed by atoms with van der Waals surface area (Å²) in [7, 11) is 0. The van der Waals surface area contributed by atoms with E-state index >= 15 is 0 Å². The molecule has 0 spiro atoms. The first kappa shape index (κ1) is 15.9. The van der Waals surface area contributed by atoms with E-state index in [-0.39, 0.29) is 11.7 Å². The molecule has 3 heteroatoms. The third-order valence-corrected chi connectivity index (χ3v) is 3.46. The molecule has 0 aliphatic carbocycles. The average molecular weight is 291 g/mol. The van der Waals surface area contributed by atoms with Crippen LogP contribution in [0.1, 0.15) is 34.6 Å². The van der Waals surface area contributed by atoms with E-state index < -0.39 is 0 Å². The molecule has 2 nitrogen and oxygen atoms in total. The molecular weight excluding hydrogens is 268 g/mol. The first-order valence-corrected chi connectivity index (χ1v) is 6.41. The molecule has 94 valence electrons. The summed E-state index contributed by atoms with van der Waals surface area (Å²) < 4.78 is 12.3. The lowest BCUT2D eigenvalue weighted by Gasteiger charge is -2.33. The highest BCUT2D eigenvalue weighted by molar-refractivity contribution is 9.11. The molecule has 16 heavy (non-hydrogen) atoms. The lowest BCUT2D eigenvalue weighted by molar-refractivity contribution is -0.181. The van der Waals surface area contributed by atoms with Gasteiger partial charge in [0.2, 0.25) is 0 Å². The Morgan fingerprint density at radius 2 is 1.75 bits per heavy atom. The van der Waals surface area contributed by atoms with Crippen LogP contribution in [0.3, 0.4) is 0 Å². The van der Waals surface area contributed by atoms with Gasteiger partial charge in [0.25, 0.3) is 0 Å². The van der Waals surface area contributed by atoms with E-state index in [0.717, 1.165) is 10.1 Å². The van der Waals surface area contributed by atoms with Crippen molar-refractivity contribution in [1.82, 2.24) is 0 Å². The van der Waals surface area contributed by atoms with Gasteiger partial charge in [-0.05, 0) is 26.8 Å². The number of halogens is 1. The van der Waals surface area contributed by atoms with E-state index in [2.05, 4.69) is 36.4 Å². The summed E-state index contributed by atoms with van der Waals surface area (Å²) in [6.07, 6.45) is 1.76. The van der Waals surface area contributed by atoms with Crippen LogP contribution >= 0.6 is 15.9 Å². The zero-order chi connectivity index (χ0) is 12.8. The molecule has 0 aliphatic rings. The maximum Gasteiger partial charge on any atom is 0.167 e. The fraction of sp³-hybridized carbons (Fsp3) is 0.692. The van der Waals surface area contributed by atoms with Crippen LogP contribution in [0, 0.1) is 5.41 Å². The molecule has 0 amide bonds. The SMILES string of the molecule is C=C(C)C=C(Br)C(C)(C)C(OCC)OCC. The minimum absolute atomic E-state index is 0.217. The molecule has 0 bridgehead atoms. The van der Waals surface area contributed by atoms with E-state index in [4.69, 9.17) is 9.47 Å². The summed E-state index contributed by atoms with van der Waals surface area (Å²) in [5.41, 5.74) is 0.789. The van der Waals surface area contributed by atoms with Gasteiger partial charge in [0.15, 0.2) is 6.29 Å². The molecule has 0 N–H and O–H groups in total. The van der Waals surface area contributed by atoms with Crippen molar-refractivity contribution < 1.29 is 9.47 Å². The lowest BCUT2D eigenvalue weighted by Crippen LogP contribution is -2.35. The summed E-state index contributed by atoms with van der Waals surface area (Å²) in [5, 5.41) is 0. The normalized spacial score (nSPS) is 13.3. The van der Waals surface area contributed by atoms with Gasteiger partial charge in [-0.3, -0.25) is 0 Å². The van der Waals surface area contributed by atoms with E-state index in [1.54, 1.807) is 0 Å². The third kappa shape index (κ3) is 4.81. The Morgan fingerprint density at radius 1 is 1.31 bits per heavy atom. The predicted octanol–water partition coefficient (Wildman–Crippen LogP) is 4.27. The summed E-state index contributed by atoms with van der Waals surface area (Å²) in [4.78, 5) is 0. The van der Waals surface area contributed by atoms with Gasteiger partial charge >= 0.3 is 0 Å². The standard InChI is InChI=1S/C13H23BrO2/c1-7-15-12(16-8-2)13(5,6)11(14)9-10(3)4/h9,12H,3,7-8H2,1-2,4-6H3. The Morgan fingerprint density at radius 3 is 2.06 bits per heavy atom. The Labute approximate surface area is 108 Å². The van der Waals surface area contributed by atoms with Gasteiger partial charge in [0.05, 0.1) is 0 Å². The van der Waals surface area contributed by atoms with Crippen LogP contribution in [-0.2, 0) is 9.47 Å². The van der Waals surface area contributed by atoms with Crippen LogP contribution in [-0.4, -0.2) is 19.5 Å². The van der Waals surface area contributed by atoms with E-state index in [0.29, 0.717) is 13.2 Å². The Balaban J connectivity index is 4.88. The minimum Gasteiger partial charge on any atom is -0.352 e. The highest BCUT2D eigenvalue weighted by Crippen LogP contribution is 2.37. The molecule has 0 atom stereocenters. The van der Waals surface area contributed by atoms with Gasteiger partial charge in [-0.1, -0.05) is 41.9 Å². The lowest BCUT2D eigenvalue weighted by atomic mass is 9.91. The van der Waals surface area contributed by atoms with Gasteiger partial charge in [-0.15, -0.1) is 0 Å². The van der Waals surface area contributed by atoms with Crippen LogP contribution in [0.15, 0.2) is 22.7 Å². The number of hydrogen-bond acceptors (Lipinski definition) is 2. The van der Waals surface area contributed by atoms with E-state index in [1.807, 2.05) is 26.8 Å². The van der Waals surface area contributed by atoms with Gasteiger partial charge in [-0.25, -0.2) is 0 Å². The Bertz CT molecular complexity index is 251. The highest BCUT2D eigenvalue weighted by Gasteiger charge is 2.33. The molecule has 0 aromatic rings. The van der Waals surface area contributed by atoms with Crippen LogP contribution in [0.25, 0.3) is 0 Å². The minimum atomic E-state index is -0.243. The zero-order valence-electron chi connectivity index (χ0n) is 11.0. The van der Waals surface area contributed by atoms with Crippen LogP contribution in [0.5, 0.6) is 0 Å². The van der Waals surface area contributed by atoms with Crippen molar-refractivity contribution >= 4 is 15.9 Å². The topological polar surface area (TPSA) is 18.5 Å². The van der Waals surface area contributed by atoms with Crippen LogP contribution in [0.2, 0.25) is 0 Å². The predicted molar refractivity (Wildman–Crippen MR) is 72.6 cm³/mol. The second kappa shape index (κ2) is 7.25. The van der Waals surface area contributed by atoms with Crippen molar-refractivity contribution in [1.29, 1.82) is 0 Å². The average Bonchev–Trinajstić information content (AvgIpc) is 2.16. The maximum atomic E-state index is 5.63. The third-order valence-electron chi connectivity index (χ3n) is 2.21. The molecule has 0 saturated heterocycles. The quantitative estimate of drug-likeness (QED) is 0.515. The molecule has 0 saturated carbocycles. The van der Waals surface area contributed by atoms with Crippen molar-refractivity contribution in [2.24, 2.45) is 5.41 Å². The summed E-state index contributed by atoms with van der Waals surface area (Å²) in [5.74, 6) is 0. The second-order valence-electron chi connectivity index (χ2n) is 4.30. The van der Waals surface area contributed by atoms with Gasteiger partial charge in [0, 0.05) is 23.1 Å². The molecule has 0 aromatic carbocycles. The fourth-order valence-corrected chi connectivity index (χ4v) is 1.86. The molecule has 0 fully saturated rings. The zero-order valence-corrected chi connectivity index (χ0v) is 12.6. The first-order valence-electron chi connectivity index (χ1n) is 5.62. The number of ether oxygens (including phenoxy) is 2. The summed E-state index contributed by atoms with van der Waals surface area (Å²) in [6.45, 7) is 15.2. The molecular formula is C13H23BrO2. The largest absolute Gasteiger partial charge is 0.352 e. The Hall–Kier alpha value is -0.120. The summed E-state index contributed by atoms with van der Waals surface area (Å²) in [6, 6.07) is 0. The van der Waals surface area contributed by atoms with Crippen molar-refractivity contribution in [2.75, 3.05) is 13.2 Å². The first-order chi connectivity index (χ1) is 7.36. The van der Waals surface area contributed by atoms with Crippen LogP contribution < -0.4 is 0 Å². The molecule has 0 aromatic heterocycles. The molecule has 0 heterocycles. The number of rotatable bonds is 7. The van der Waals surface area contributed by atoms with Gasteiger partial charge < -0.3 is 9.47 Å². The fourth-order valence-electron chi connectivity index (χ4n) is 1.28. The molecule has 0 unspecified atom stereocenters. The van der Waals surface area contributed by atoms with Crippen molar-refractivity contribution in [2.45, 2.75) is 40.9 Å². The Kier molecular flexibility index (Phi) is 7.20. The number of allylic oxidation sites excluding steroid dienone is 2. The van der Waals surface area contributed by atoms with Crippen molar-refractivity contribution in [3.8, 4) is 0 Å². The monoisotopic (exact) mass is 290 g/mol. The number of hydrogen-bond donors (Lipinski definition) is 0. The second-order valence-corrected chi connectivity index (χ2v) is 5.16.